The Hall–Kier alpha value is -1.40. The van der Waals surface area contributed by atoms with Crippen LogP contribution in [0.15, 0.2) is 29.2 Å². The van der Waals surface area contributed by atoms with Gasteiger partial charge in [0, 0.05) is 13.1 Å². The maximum Gasteiger partial charge on any atom is 0.243 e. The molecule has 0 unspecified atom stereocenters. The van der Waals surface area contributed by atoms with Crippen molar-refractivity contribution in [2.75, 3.05) is 19.6 Å². The van der Waals surface area contributed by atoms with Crippen LogP contribution in [0.3, 0.4) is 0 Å². The molecule has 1 rings (SSSR count). The second-order valence-corrected chi connectivity index (χ2v) is 6.86. The molecule has 1 amide bonds. The summed E-state index contributed by atoms with van der Waals surface area (Å²) in [5.41, 5.74) is 0.688. The Balaban J connectivity index is 2.98. The van der Waals surface area contributed by atoms with Gasteiger partial charge in [-0.15, -0.1) is 0 Å². The lowest BCUT2D eigenvalue weighted by Gasteiger charge is -2.22. The van der Waals surface area contributed by atoms with E-state index in [1.807, 2.05) is 13.8 Å². The lowest BCUT2D eigenvalue weighted by atomic mass is 10.2. The zero-order valence-corrected chi connectivity index (χ0v) is 13.7. The van der Waals surface area contributed by atoms with Gasteiger partial charge in [0.2, 0.25) is 15.9 Å². The lowest BCUT2D eigenvalue weighted by molar-refractivity contribution is -0.121. The minimum atomic E-state index is -3.64. The highest BCUT2D eigenvalue weighted by atomic mass is 32.2. The molecule has 1 aromatic rings. The van der Waals surface area contributed by atoms with Crippen LogP contribution in [-0.2, 0) is 14.8 Å². The molecule has 0 radical (unpaired) electrons. The fourth-order valence-electron chi connectivity index (χ4n) is 2.00. The molecule has 0 fully saturated rings. The Morgan fingerprint density at radius 1 is 1.19 bits per heavy atom. The molecular formula is C15H24N2O3S. The number of nitrogens with one attached hydrogen (secondary N) is 1. The van der Waals surface area contributed by atoms with E-state index in [-0.39, 0.29) is 17.3 Å². The maximum atomic E-state index is 12.7. The van der Waals surface area contributed by atoms with Crippen LogP contribution in [-0.4, -0.2) is 38.3 Å². The molecule has 0 heterocycles. The minimum Gasteiger partial charge on any atom is -0.355 e. The number of nitrogens with zero attached hydrogens (tertiary/aromatic N) is 1. The highest BCUT2D eigenvalue weighted by molar-refractivity contribution is 7.89. The van der Waals surface area contributed by atoms with Crippen LogP contribution in [0.2, 0.25) is 0 Å². The van der Waals surface area contributed by atoms with Crippen molar-refractivity contribution in [3.8, 4) is 0 Å². The zero-order valence-electron chi connectivity index (χ0n) is 12.9. The first kappa shape index (κ1) is 17.7. The van der Waals surface area contributed by atoms with Crippen molar-refractivity contribution >= 4 is 15.9 Å². The van der Waals surface area contributed by atoms with E-state index in [1.165, 1.54) is 4.31 Å². The van der Waals surface area contributed by atoms with E-state index >= 15 is 0 Å². The Bertz CT molecular complexity index is 570. The highest BCUT2D eigenvalue weighted by Gasteiger charge is 2.26. The third kappa shape index (κ3) is 4.82. The predicted molar refractivity (Wildman–Crippen MR) is 83.5 cm³/mol. The SMILES string of the molecule is CCCNC(=O)CN(CCC)S(=O)(=O)c1ccccc1C. The van der Waals surface area contributed by atoms with Gasteiger partial charge in [-0.3, -0.25) is 4.79 Å². The summed E-state index contributed by atoms with van der Waals surface area (Å²) < 4.78 is 26.6. The van der Waals surface area contributed by atoms with Crippen molar-refractivity contribution < 1.29 is 13.2 Å². The fraction of sp³-hybridized carbons (Fsp3) is 0.533. The molecule has 0 aliphatic heterocycles. The monoisotopic (exact) mass is 312 g/mol. The average molecular weight is 312 g/mol. The minimum absolute atomic E-state index is 0.134. The molecule has 0 aliphatic carbocycles. The summed E-state index contributed by atoms with van der Waals surface area (Å²) in [6.07, 6.45) is 1.48. The average Bonchev–Trinajstić information content (AvgIpc) is 2.45. The summed E-state index contributed by atoms with van der Waals surface area (Å²) in [6, 6.07) is 6.83. The fourth-order valence-corrected chi connectivity index (χ4v) is 3.71. The zero-order chi connectivity index (χ0) is 15.9. The van der Waals surface area contributed by atoms with Crippen molar-refractivity contribution in [2.24, 2.45) is 0 Å². The Labute approximate surface area is 127 Å². The Morgan fingerprint density at radius 2 is 1.86 bits per heavy atom. The molecule has 21 heavy (non-hydrogen) atoms. The summed E-state index contributed by atoms with van der Waals surface area (Å²) in [5.74, 6) is -0.262. The second-order valence-electron chi connectivity index (χ2n) is 4.95. The molecule has 0 aromatic heterocycles. The number of aryl methyl sites for hydroxylation is 1. The summed E-state index contributed by atoms with van der Waals surface area (Å²) in [7, 11) is -3.64. The van der Waals surface area contributed by atoms with Crippen molar-refractivity contribution in [3.63, 3.8) is 0 Å². The molecule has 0 bridgehead atoms. The maximum absolute atomic E-state index is 12.7. The summed E-state index contributed by atoms with van der Waals surface area (Å²) >= 11 is 0. The van der Waals surface area contributed by atoms with Crippen LogP contribution in [0.1, 0.15) is 32.3 Å². The summed E-state index contributed by atoms with van der Waals surface area (Å²) in [4.78, 5) is 12.1. The van der Waals surface area contributed by atoms with Crippen molar-refractivity contribution in [1.29, 1.82) is 0 Å². The van der Waals surface area contributed by atoms with Crippen LogP contribution >= 0.6 is 0 Å². The molecule has 0 saturated heterocycles. The number of amides is 1. The van der Waals surface area contributed by atoms with Gasteiger partial charge in [0.1, 0.15) is 0 Å². The normalized spacial score (nSPS) is 11.6. The van der Waals surface area contributed by atoms with Gasteiger partial charge in [-0.25, -0.2) is 8.42 Å². The molecule has 6 heteroatoms. The summed E-state index contributed by atoms with van der Waals surface area (Å²) in [5, 5.41) is 2.71. The molecule has 5 nitrogen and oxygen atoms in total. The van der Waals surface area contributed by atoms with E-state index in [4.69, 9.17) is 0 Å². The van der Waals surface area contributed by atoms with Gasteiger partial charge in [0.05, 0.1) is 11.4 Å². The van der Waals surface area contributed by atoms with Crippen molar-refractivity contribution in [3.05, 3.63) is 29.8 Å². The smallest absolute Gasteiger partial charge is 0.243 e. The van der Waals surface area contributed by atoms with E-state index < -0.39 is 10.0 Å². The lowest BCUT2D eigenvalue weighted by Crippen LogP contribution is -2.41. The number of benzene rings is 1. The van der Waals surface area contributed by atoms with E-state index in [0.717, 1.165) is 6.42 Å². The molecule has 1 N–H and O–H groups in total. The van der Waals surface area contributed by atoms with Gasteiger partial charge in [-0.05, 0) is 31.4 Å². The number of carbonyl (C=O) groups excluding carboxylic acids is 1. The van der Waals surface area contributed by atoms with Crippen LogP contribution in [0.4, 0.5) is 0 Å². The van der Waals surface area contributed by atoms with E-state index in [1.54, 1.807) is 31.2 Å². The first-order chi connectivity index (χ1) is 9.93. The number of sulfonamides is 1. The Morgan fingerprint density at radius 3 is 2.43 bits per heavy atom. The number of hydrogen-bond acceptors (Lipinski definition) is 3. The third-order valence-electron chi connectivity index (χ3n) is 3.08. The molecule has 0 aliphatic rings. The van der Waals surface area contributed by atoms with Gasteiger partial charge in [0.25, 0.3) is 0 Å². The van der Waals surface area contributed by atoms with E-state index in [0.29, 0.717) is 25.1 Å². The quantitative estimate of drug-likeness (QED) is 0.797. The van der Waals surface area contributed by atoms with Gasteiger partial charge >= 0.3 is 0 Å². The Kier molecular flexibility index (Phi) is 6.84. The third-order valence-corrected chi connectivity index (χ3v) is 5.08. The molecule has 0 spiro atoms. The first-order valence-corrected chi connectivity index (χ1v) is 8.70. The van der Waals surface area contributed by atoms with Crippen LogP contribution < -0.4 is 5.32 Å². The van der Waals surface area contributed by atoms with Crippen molar-refractivity contribution in [2.45, 2.75) is 38.5 Å². The van der Waals surface area contributed by atoms with Crippen LogP contribution in [0.25, 0.3) is 0 Å². The first-order valence-electron chi connectivity index (χ1n) is 7.26. The standard InChI is InChI=1S/C15H24N2O3S/c1-4-10-16-15(18)12-17(11-5-2)21(19,20)14-9-7-6-8-13(14)3/h6-9H,4-5,10-12H2,1-3H3,(H,16,18). The second kappa shape index (κ2) is 8.14. The largest absolute Gasteiger partial charge is 0.355 e. The summed E-state index contributed by atoms with van der Waals surface area (Å²) in [6.45, 7) is 6.36. The molecular weight excluding hydrogens is 288 g/mol. The molecule has 0 saturated carbocycles. The molecule has 1 aromatic carbocycles. The topological polar surface area (TPSA) is 66.5 Å². The molecule has 0 atom stereocenters. The number of hydrogen-bond donors (Lipinski definition) is 1. The van der Waals surface area contributed by atoms with E-state index in [9.17, 15) is 13.2 Å². The van der Waals surface area contributed by atoms with Gasteiger partial charge in [-0.2, -0.15) is 4.31 Å². The van der Waals surface area contributed by atoms with Crippen LogP contribution in [0, 0.1) is 6.92 Å². The predicted octanol–water partition coefficient (Wildman–Crippen LogP) is 1.92. The van der Waals surface area contributed by atoms with Crippen LogP contribution in [0.5, 0.6) is 0 Å². The van der Waals surface area contributed by atoms with Gasteiger partial charge in [0.15, 0.2) is 0 Å². The van der Waals surface area contributed by atoms with Gasteiger partial charge < -0.3 is 5.32 Å². The highest BCUT2D eigenvalue weighted by Crippen LogP contribution is 2.19. The van der Waals surface area contributed by atoms with Gasteiger partial charge in [-0.1, -0.05) is 32.0 Å². The van der Waals surface area contributed by atoms with Crippen molar-refractivity contribution in [1.82, 2.24) is 9.62 Å². The number of carbonyl (C=O) groups is 1. The van der Waals surface area contributed by atoms with E-state index in [2.05, 4.69) is 5.32 Å². The molecule has 118 valence electrons. The number of rotatable bonds is 8.